The molecule has 2 N–H and O–H groups in total. The zero-order valence-electron chi connectivity index (χ0n) is 24.2. The predicted molar refractivity (Wildman–Crippen MR) is 163 cm³/mol. The molecule has 43 heavy (non-hydrogen) atoms. The first kappa shape index (κ1) is 31.4. The molecule has 0 aromatic heterocycles. The maximum absolute atomic E-state index is 13.5. The van der Waals surface area contributed by atoms with Crippen molar-refractivity contribution in [3.05, 3.63) is 78.4 Å². The van der Waals surface area contributed by atoms with Crippen LogP contribution in [0.2, 0.25) is 0 Å². The largest absolute Gasteiger partial charge is 0.493 e. The fourth-order valence-corrected chi connectivity index (χ4v) is 6.11. The molecule has 228 valence electrons. The highest BCUT2D eigenvalue weighted by Gasteiger charge is 2.28. The van der Waals surface area contributed by atoms with Gasteiger partial charge in [-0.15, -0.1) is 0 Å². The van der Waals surface area contributed by atoms with Gasteiger partial charge in [0.05, 0.1) is 31.0 Å². The molecule has 0 spiro atoms. The molecule has 1 aliphatic rings. The zero-order valence-corrected chi connectivity index (χ0v) is 25.0. The van der Waals surface area contributed by atoms with Gasteiger partial charge in [-0.2, -0.15) is 5.10 Å². The third-order valence-electron chi connectivity index (χ3n) is 6.90. The summed E-state index contributed by atoms with van der Waals surface area (Å²) in [6, 6.07) is 19.5. The van der Waals surface area contributed by atoms with Crippen LogP contribution in [0.1, 0.15) is 37.7 Å². The minimum Gasteiger partial charge on any atom is -0.493 e. The van der Waals surface area contributed by atoms with E-state index in [0.29, 0.717) is 22.8 Å². The van der Waals surface area contributed by atoms with E-state index in [9.17, 15) is 18.0 Å². The number of hydrogen-bond acceptors (Lipinski definition) is 8. The Morgan fingerprint density at radius 1 is 0.907 bits per heavy atom. The summed E-state index contributed by atoms with van der Waals surface area (Å²) in [6.07, 6.45) is 6.93. The number of sulfonamides is 1. The molecule has 0 radical (unpaired) electrons. The zero-order chi connectivity index (χ0) is 30.7. The summed E-state index contributed by atoms with van der Waals surface area (Å²) in [6.45, 7) is -0.609. The van der Waals surface area contributed by atoms with Crippen molar-refractivity contribution in [2.45, 2.75) is 43.0 Å². The molecule has 0 atom stereocenters. The first-order valence-electron chi connectivity index (χ1n) is 13.9. The number of methoxy groups -OCH3 is 2. The second-order valence-corrected chi connectivity index (χ2v) is 11.8. The summed E-state index contributed by atoms with van der Waals surface area (Å²) < 4.78 is 44.2. The number of hydrazone groups is 1. The number of nitrogens with one attached hydrogen (secondary N) is 2. The van der Waals surface area contributed by atoms with Gasteiger partial charge in [-0.25, -0.2) is 13.8 Å². The van der Waals surface area contributed by atoms with Gasteiger partial charge in [-0.3, -0.25) is 13.9 Å². The van der Waals surface area contributed by atoms with Gasteiger partial charge in [-0.1, -0.05) is 37.5 Å². The number of nitrogens with zero attached hydrogens (tertiary/aromatic N) is 2. The Kier molecular flexibility index (Phi) is 11.0. The summed E-state index contributed by atoms with van der Waals surface area (Å²) in [5, 5.41) is 6.99. The van der Waals surface area contributed by atoms with Crippen molar-refractivity contribution in [2.24, 2.45) is 5.10 Å². The smallest absolute Gasteiger partial charge is 0.264 e. The average molecular weight is 609 g/mol. The Bertz CT molecular complexity index is 1510. The summed E-state index contributed by atoms with van der Waals surface area (Å²) in [5.41, 5.74) is 3.26. The lowest BCUT2D eigenvalue weighted by Crippen LogP contribution is -2.39. The van der Waals surface area contributed by atoms with E-state index >= 15 is 0 Å². The quantitative estimate of drug-likeness (QED) is 0.222. The lowest BCUT2D eigenvalue weighted by molar-refractivity contribution is -0.124. The molecule has 2 amide bonds. The van der Waals surface area contributed by atoms with E-state index in [4.69, 9.17) is 14.2 Å². The first-order chi connectivity index (χ1) is 20.8. The number of carbonyl (C=O) groups is 2. The molecular formula is C31H36N4O7S. The number of carbonyl (C=O) groups excluding carboxylic acids is 2. The Balaban J connectivity index is 1.37. The van der Waals surface area contributed by atoms with Crippen LogP contribution >= 0.6 is 0 Å². The number of benzene rings is 3. The van der Waals surface area contributed by atoms with E-state index < -0.39 is 22.5 Å². The van der Waals surface area contributed by atoms with E-state index in [1.807, 2.05) is 0 Å². The molecule has 11 nitrogen and oxygen atoms in total. The summed E-state index contributed by atoms with van der Waals surface area (Å²) in [5.74, 6) is 0.447. The number of amides is 2. The van der Waals surface area contributed by atoms with Crippen LogP contribution in [0.3, 0.4) is 0 Å². The van der Waals surface area contributed by atoms with Crippen molar-refractivity contribution >= 4 is 33.7 Å². The minimum atomic E-state index is -4.11. The topological polar surface area (TPSA) is 136 Å². The predicted octanol–water partition coefficient (Wildman–Crippen LogP) is 3.88. The Hall–Kier alpha value is -4.58. The van der Waals surface area contributed by atoms with Crippen molar-refractivity contribution in [3.63, 3.8) is 0 Å². The van der Waals surface area contributed by atoms with E-state index in [1.165, 1.54) is 51.1 Å². The van der Waals surface area contributed by atoms with Crippen molar-refractivity contribution < 1.29 is 32.2 Å². The van der Waals surface area contributed by atoms with Gasteiger partial charge in [0, 0.05) is 12.1 Å². The van der Waals surface area contributed by atoms with Crippen LogP contribution in [0.4, 0.5) is 5.69 Å². The fourth-order valence-electron chi connectivity index (χ4n) is 4.67. The van der Waals surface area contributed by atoms with E-state index in [-0.39, 0.29) is 29.1 Å². The van der Waals surface area contributed by atoms with Crippen LogP contribution in [0, 0.1) is 0 Å². The van der Waals surface area contributed by atoms with Gasteiger partial charge in [0.15, 0.2) is 18.1 Å². The third kappa shape index (κ3) is 8.71. The lowest BCUT2D eigenvalue weighted by atomic mass is 9.95. The SMILES string of the molecule is COc1ccc(N(CC(=O)N/N=C\c2ccc(OCC(=O)NC3CCCCC3)cc2)S(=O)(=O)c2ccccc2)cc1OC. The molecule has 12 heteroatoms. The van der Waals surface area contributed by atoms with Gasteiger partial charge >= 0.3 is 0 Å². The van der Waals surface area contributed by atoms with Gasteiger partial charge in [0.25, 0.3) is 21.8 Å². The van der Waals surface area contributed by atoms with Crippen LogP contribution in [0.15, 0.2) is 82.8 Å². The summed E-state index contributed by atoms with van der Waals surface area (Å²) in [4.78, 5) is 25.1. The van der Waals surface area contributed by atoms with Crippen molar-refractivity contribution in [3.8, 4) is 17.2 Å². The van der Waals surface area contributed by atoms with E-state index in [2.05, 4.69) is 15.8 Å². The van der Waals surface area contributed by atoms with Gasteiger partial charge in [0.2, 0.25) is 0 Å². The molecule has 3 aromatic rings. The molecule has 1 fully saturated rings. The molecule has 1 aliphatic carbocycles. The highest BCUT2D eigenvalue weighted by molar-refractivity contribution is 7.92. The molecule has 0 unspecified atom stereocenters. The maximum atomic E-state index is 13.5. The molecule has 0 saturated heterocycles. The number of anilines is 1. The van der Waals surface area contributed by atoms with Gasteiger partial charge < -0.3 is 19.5 Å². The van der Waals surface area contributed by atoms with Crippen LogP contribution < -0.4 is 29.3 Å². The standard InChI is InChI=1S/C31H36N4O7S/c1-40-28-18-15-25(19-29(28)41-2)35(43(38,39)27-11-7-4-8-12-27)21-30(36)34-32-20-23-13-16-26(17-14-23)42-22-31(37)33-24-9-5-3-6-10-24/h4,7-8,11-20,24H,3,5-6,9-10,21-22H2,1-2H3,(H,33,37)(H,34,36)/b32-20-. The van der Waals surface area contributed by atoms with Crippen molar-refractivity contribution in [1.29, 1.82) is 0 Å². The molecule has 3 aromatic carbocycles. The molecule has 0 heterocycles. The van der Waals surface area contributed by atoms with Crippen LogP contribution in [0.5, 0.6) is 17.2 Å². The Morgan fingerprint density at radius 3 is 2.28 bits per heavy atom. The normalized spacial score (nSPS) is 13.7. The number of rotatable bonds is 13. The van der Waals surface area contributed by atoms with Crippen LogP contribution in [0.25, 0.3) is 0 Å². The third-order valence-corrected chi connectivity index (χ3v) is 8.68. The molecule has 4 rings (SSSR count). The molecule has 0 aliphatic heterocycles. The van der Waals surface area contributed by atoms with Crippen molar-refractivity contribution in [2.75, 3.05) is 31.7 Å². The average Bonchev–Trinajstić information content (AvgIpc) is 3.03. The lowest BCUT2D eigenvalue weighted by Gasteiger charge is -2.24. The number of hydrogen-bond donors (Lipinski definition) is 2. The second-order valence-electron chi connectivity index (χ2n) is 9.92. The highest BCUT2D eigenvalue weighted by Crippen LogP contribution is 2.33. The van der Waals surface area contributed by atoms with E-state index in [1.54, 1.807) is 48.5 Å². The molecule has 0 bridgehead atoms. The second kappa shape index (κ2) is 15.1. The first-order valence-corrected chi connectivity index (χ1v) is 15.4. The maximum Gasteiger partial charge on any atom is 0.264 e. The monoisotopic (exact) mass is 608 g/mol. The van der Waals surface area contributed by atoms with Crippen LogP contribution in [-0.2, 0) is 19.6 Å². The minimum absolute atomic E-state index is 0.0230. The van der Waals surface area contributed by atoms with E-state index in [0.717, 1.165) is 30.0 Å². The summed E-state index contributed by atoms with van der Waals surface area (Å²) in [7, 11) is -1.21. The number of ether oxygens (including phenoxy) is 3. The Labute approximate surface area is 251 Å². The Morgan fingerprint density at radius 2 is 1.60 bits per heavy atom. The fraction of sp³-hybridized carbons (Fsp3) is 0.323. The highest BCUT2D eigenvalue weighted by atomic mass is 32.2. The van der Waals surface area contributed by atoms with Gasteiger partial charge in [-0.05, 0) is 66.9 Å². The molecular weight excluding hydrogens is 572 g/mol. The van der Waals surface area contributed by atoms with Crippen molar-refractivity contribution in [1.82, 2.24) is 10.7 Å². The van der Waals surface area contributed by atoms with Crippen LogP contribution in [-0.4, -0.2) is 59.9 Å². The summed E-state index contributed by atoms with van der Waals surface area (Å²) >= 11 is 0. The van der Waals surface area contributed by atoms with Gasteiger partial charge in [0.1, 0.15) is 12.3 Å². The molecule has 1 saturated carbocycles.